The SMILES string of the molecule is CCOc1ccc(C(=O)Nc2ncccc2OC)cc1[N+](=O)[O-]. The molecule has 0 aliphatic rings. The number of nitrogens with zero attached hydrogens (tertiary/aromatic N) is 2. The molecule has 1 heterocycles. The highest BCUT2D eigenvalue weighted by atomic mass is 16.6. The molecule has 0 atom stereocenters. The fourth-order valence-electron chi connectivity index (χ4n) is 1.91. The average Bonchev–Trinajstić information content (AvgIpc) is 2.55. The number of ether oxygens (including phenoxy) is 2. The summed E-state index contributed by atoms with van der Waals surface area (Å²) in [4.78, 5) is 26.8. The van der Waals surface area contributed by atoms with Crippen LogP contribution in [0.5, 0.6) is 11.5 Å². The maximum Gasteiger partial charge on any atom is 0.311 e. The van der Waals surface area contributed by atoms with E-state index in [1.54, 1.807) is 19.1 Å². The standard InChI is InChI=1S/C15H15N3O5/c1-3-23-12-7-6-10(9-11(12)18(20)21)15(19)17-14-13(22-2)5-4-8-16-14/h4-9H,3H2,1-2H3,(H,16,17,19). The van der Waals surface area contributed by atoms with Gasteiger partial charge in [0.15, 0.2) is 17.3 Å². The lowest BCUT2D eigenvalue weighted by atomic mass is 10.1. The molecule has 23 heavy (non-hydrogen) atoms. The maximum absolute atomic E-state index is 12.3. The molecular weight excluding hydrogens is 302 g/mol. The third-order valence-electron chi connectivity index (χ3n) is 2.94. The van der Waals surface area contributed by atoms with Crippen molar-refractivity contribution in [2.75, 3.05) is 19.0 Å². The van der Waals surface area contributed by atoms with E-state index in [-0.39, 0.29) is 29.4 Å². The van der Waals surface area contributed by atoms with Crippen molar-refractivity contribution in [2.24, 2.45) is 0 Å². The van der Waals surface area contributed by atoms with Crippen molar-refractivity contribution in [1.82, 2.24) is 4.98 Å². The van der Waals surface area contributed by atoms with Crippen molar-refractivity contribution < 1.29 is 19.2 Å². The van der Waals surface area contributed by atoms with Crippen molar-refractivity contribution in [1.29, 1.82) is 0 Å². The van der Waals surface area contributed by atoms with Crippen LogP contribution in [0.4, 0.5) is 11.5 Å². The average molecular weight is 317 g/mol. The minimum atomic E-state index is -0.594. The lowest BCUT2D eigenvalue weighted by Gasteiger charge is -2.09. The first kappa shape index (κ1) is 16.2. The van der Waals surface area contributed by atoms with E-state index in [0.29, 0.717) is 5.75 Å². The van der Waals surface area contributed by atoms with Crippen molar-refractivity contribution >= 4 is 17.4 Å². The van der Waals surface area contributed by atoms with E-state index in [2.05, 4.69) is 10.3 Å². The van der Waals surface area contributed by atoms with Crippen molar-refractivity contribution in [3.8, 4) is 11.5 Å². The largest absolute Gasteiger partial charge is 0.493 e. The molecule has 0 spiro atoms. The second-order valence-electron chi connectivity index (χ2n) is 4.38. The molecule has 0 fully saturated rings. The smallest absolute Gasteiger partial charge is 0.311 e. The summed E-state index contributed by atoms with van der Waals surface area (Å²) >= 11 is 0. The Balaban J connectivity index is 2.29. The molecule has 120 valence electrons. The van der Waals surface area contributed by atoms with Gasteiger partial charge in [0.2, 0.25) is 0 Å². The van der Waals surface area contributed by atoms with Gasteiger partial charge < -0.3 is 14.8 Å². The Hall–Kier alpha value is -3.16. The number of pyridine rings is 1. The molecule has 0 saturated heterocycles. The molecule has 8 heteroatoms. The van der Waals surface area contributed by atoms with Gasteiger partial charge in [-0.1, -0.05) is 0 Å². The number of nitro benzene ring substituents is 1. The molecule has 0 aliphatic carbocycles. The normalized spacial score (nSPS) is 10.0. The highest BCUT2D eigenvalue weighted by Gasteiger charge is 2.19. The third-order valence-corrected chi connectivity index (χ3v) is 2.94. The predicted molar refractivity (Wildman–Crippen MR) is 83.0 cm³/mol. The predicted octanol–water partition coefficient (Wildman–Crippen LogP) is 2.65. The first-order valence-electron chi connectivity index (χ1n) is 6.78. The zero-order valence-electron chi connectivity index (χ0n) is 12.6. The molecule has 0 aliphatic heterocycles. The minimum absolute atomic E-state index is 0.115. The summed E-state index contributed by atoms with van der Waals surface area (Å²) in [6, 6.07) is 7.31. The summed E-state index contributed by atoms with van der Waals surface area (Å²) in [5.41, 5.74) is -0.152. The number of rotatable bonds is 6. The van der Waals surface area contributed by atoms with E-state index >= 15 is 0 Å². The molecule has 1 aromatic heterocycles. The monoisotopic (exact) mass is 317 g/mol. The van der Waals surface area contributed by atoms with Gasteiger partial charge in [0, 0.05) is 17.8 Å². The summed E-state index contributed by atoms with van der Waals surface area (Å²) in [6.07, 6.45) is 1.50. The Morgan fingerprint density at radius 2 is 2.13 bits per heavy atom. The molecule has 0 saturated carbocycles. The fourth-order valence-corrected chi connectivity index (χ4v) is 1.91. The minimum Gasteiger partial charge on any atom is -0.493 e. The highest BCUT2D eigenvalue weighted by molar-refractivity contribution is 6.05. The first-order chi connectivity index (χ1) is 11.1. The Morgan fingerprint density at radius 3 is 2.78 bits per heavy atom. The fraction of sp³-hybridized carbons (Fsp3) is 0.200. The lowest BCUT2D eigenvalue weighted by molar-refractivity contribution is -0.385. The quantitative estimate of drug-likeness (QED) is 0.649. The van der Waals surface area contributed by atoms with Gasteiger partial charge in [0.1, 0.15) is 0 Å². The van der Waals surface area contributed by atoms with Crippen LogP contribution in [-0.4, -0.2) is 29.5 Å². The van der Waals surface area contributed by atoms with Crippen LogP contribution >= 0.6 is 0 Å². The molecule has 1 N–H and O–H groups in total. The number of nitrogens with one attached hydrogen (secondary N) is 1. The van der Waals surface area contributed by atoms with E-state index in [4.69, 9.17) is 9.47 Å². The van der Waals surface area contributed by atoms with E-state index in [0.717, 1.165) is 6.07 Å². The van der Waals surface area contributed by atoms with Crippen LogP contribution in [0.25, 0.3) is 0 Å². The van der Waals surface area contributed by atoms with Gasteiger partial charge in [0.05, 0.1) is 18.6 Å². The maximum atomic E-state index is 12.3. The molecule has 0 unspecified atom stereocenters. The Kier molecular flexibility index (Phi) is 5.08. The summed E-state index contributed by atoms with van der Waals surface area (Å²) in [5, 5.41) is 13.6. The topological polar surface area (TPSA) is 104 Å². The zero-order valence-corrected chi connectivity index (χ0v) is 12.6. The molecule has 0 bridgehead atoms. The Morgan fingerprint density at radius 1 is 1.35 bits per heavy atom. The zero-order chi connectivity index (χ0) is 16.8. The summed E-state index contributed by atoms with van der Waals surface area (Å²) in [7, 11) is 1.45. The lowest BCUT2D eigenvalue weighted by Crippen LogP contribution is -2.14. The summed E-state index contributed by atoms with van der Waals surface area (Å²) in [5.74, 6) is 0.204. The van der Waals surface area contributed by atoms with E-state index in [1.165, 1.54) is 25.4 Å². The number of methoxy groups -OCH3 is 1. The van der Waals surface area contributed by atoms with Crippen LogP contribution < -0.4 is 14.8 Å². The van der Waals surface area contributed by atoms with E-state index in [1.807, 2.05) is 0 Å². The third kappa shape index (κ3) is 3.73. The second kappa shape index (κ2) is 7.21. The second-order valence-corrected chi connectivity index (χ2v) is 4.38. The molecular formula is C15H15N3O5. The van der Waals surface area contributed by atoms with Gasteiger partial charge in [-0.2, -0.15) is 0 Å². The highest BCUT2D eigenvalue weighted by Crippen LogP contribution is 2.28. The van der Waals surface area contributed by atoms with Crippen molar-refractivity contribution in [3.05, 3.63) is 52.2 Å². The molecule has 8 nitrogen and oxygen atoms in total. The number of carbonyl (C=O) groups is 1. The molecule has 0 radical (unpaired) electrons. The van der Waals surface area contributed by atoms with Crippen LogP contribution in [-0.2, 0) is 0 Å². The number of hydrogen-bond donors (Lipinski definition) is 1. The van der Waals surface area contributed by atoms with Crippen LogP contribution in [0.1, 0.15) is 17.3 Å². The van der Waals surface area contributed by atoms with Crippen molar-refractivity contribution in [3.63, 3.8) is 0 Å². The summed E-state index contributed by atoms with van der Waals surface area (Å²) in [6.45, 7) is 2.01. The van der Waals surface area contributed by atoms with Gasteiger partial charge in [0.25, 0.3) is 5.91 Å². The van der Waals surface area contributed by atoms with Crippen LogP contribution in [0.3, 0.4) is 0 Å². The van der Waals surface area contributed by atoms with Gasteiger partial charge in [-0.15, -0.1) is 0 Å². The molecule has 1 amide bonds. The molecule has 2 aromatic rings. The van der Waals surface area contributed by atoms with Gasteiger partial charge in [-0.3, -0.25) is 14.9 Å². The number of benzene rings is 1. The number of nitro groups is 1. The number of hydrogen-bond acceptors (Lipinski definition) is 6. The van der Waals surface area contributed by atoms with Crippen LogP contribution in [0.2, 0.25) is 0 Å². The number of aromatic nitrogens is 1. The van der Waals surface area contributed by atoms with E-state index < -0.39 is 10.8 Å². The van der Waals surface area contributed by atoms with Gasteiger partial charge >= 0.3 is 5.69 Å². The number of amides is 1. The summed E-state index contributed by atoms with van der Waals surface area (Å²) < 4.78 is 10.3. The number of anilines is 1. The first-order valence-corrected chi connectivity index (χ1v) is 6.78. The molecule has 2 rings (SSSR count). The van der Waals surface area contributed by atoms with Crippen LogP contribution in [0, 0.1) is 10.1 Å². The van der Waals surface area contributed by atoms with Gasteiger partial charge in [-0.25, -0.2) is 4.98 Å². The van der Waals surface area contributed by atoms with Gasteiger partial charge in [-0.05, 0) is 31.2 Å². The Labute approximate surface area is 132 Å². The number of carbonyl (C=O) groups excluding carboxylic acids is 1. The van der Waals surface area contributed by atoms with Crippen LogP contribution in [0.15, 0.2) is 36.5 Å². The van der Waals surface area contributed by atoms with Crippen molar-refractivity contribution in [2.45, 2.75) is 6.92 Å². The Bertz CT molecular complexity index is 733. The van der Waals surface area contributed by atoms with E-state index in [9.17, 15) is 14.9 Å². The molecule has 1 aromatic carbocycles.